The summed E-state index contributed by atoms with van der Waals surface area (Å²) in [4.78, 5) is 22.8. The summed E-state index contributed by atoms with van der Waals surface area (Å²) in [6.07, 6.45) is 1.83. The Morgan fingerprint density at radius 2 is 1.97 bits per heavy atom. The number of methoxy groups -OCH3 is 1. The van der Waals surface area contributed by atoms with Crippen LogP contribution in [-0.4, -0.2) is 88.1 Å². The Bertz CT molecular complexity index is 1300. The molecule has 2 aliphatic rings. The predicted octanol–water partition coefficient (Wildman–Crippen LogP) is 3.52. The highest BCUT2D eigenvalue weighted by Crippen LogP contribution is 2.34. The van der Waals surface area contributed by atoms with E-state index in [9.17, 15) is 13.2 Å². The fourth-order valence-corrected chi connectivity index (χ4v) is 8.41. The number of thiazole rings is 1. The summed E-state index contributed by atoms with van der Waals surface area (Å²) in [7, 11) is -1.88. The molecule has 0 aliphatic carbocycles. The van der Waals surface area contributed by atoms with Gasteiger partial charge >= 0.3 is 0 Å². The quantitative estimate of drug-likeness (QED) is 0.393. The number of sulfonamides is 1. The van der Waals surface area contributed by atoms with Crippen molar-refractivity contribution in [2.75, 3.05) is 64.5 Å². The third-order valence-corrected chi connectivity index (χ3v) is 11.3. The van der Waals surface area contributed by atoms with Crippen molar-refractivity contribution in [3.8, 4) is 5.75 Å². The molecule has 2 aliphatic heterocycles. The Morgan fingerprint density at radius 1 is 1.19 bits per heavy atom. The zero-order chi connectivity index (χ0) is 25.8. The first kappa shape index (κ1) is 26.5. The molecule has 1 aromatic carbocycles. The van der Waals surface area contributed by atoms with Gasteiger partial charge in [-0.25, -0.2) is 13.4 Å². The van der Waals surface area contributed by atoms with Crippen LogP contribution in [0.2, 0.25) is 0 Å². The molecule has 1 amide bonds. The van der Waals surface area contributed by atoms with Gasteiger partial charge in [0.1, 0.15) is 9.96 Å². The molecule has 5 rings (SSSR count). The van der Waals surface area contributed by atoms with E-state index in [0.717, 1.165) is 55.2 Å². The number of benzene rings is 1. The largest absolute Gasteiger partial charge is 0.497 e. The first-order valence-corrected chi connectivity index (χ1v) is 15.7. The molecule has 12 heteroatoms. The standard InChI is InChI=1S/C25H32N4O5S3/c1-33-20-5-6-22-21(18-20)26-25(36-22)29(10-3-9-27-13-15-34-16-14-27)24(30)19-7-11-28(12-8-19)37(31,32)23-4-2-17-35-23/h2,4-6,17-19H,3,7-16H2,1H3. The van der Waals surface area contributed by atoms with Crippen LogP contribution in [0, 0.1) is 5.92 Å². The van der Waals surface area contributed by atoms with Gasteiger partial charge in [0.2, 0.25) is 5.91 Å². The lowest BCUT2D eigenvalue weighted by Crippen LogP contribution is -2.45. The third-order valence-electron chi connectivity index (χ3n) is 6.93. The van der Waals surface area contributed by atoms with Gasteiger partial charge in [-0.05, 0) is 42.8 Å². The van der Waals surface area contributed by atoms with Crippen molar-refractivity contribution in [3.05, 3.63) is 35.7 Å². The number of carbonyl (C=O) groups is 1. The molecule has 4 heterocycles. The van der Waals surface area contributed by atoms with Crippen molar-refractivity contribution in [1.82, 2.24) is 14.2 Å². The normalized spacial score (nSPS) is 18.3. The van der Waals surface area contributed by atoms with E-state index in [1.165, 1.54) is 27.0 Å². The van der Waals surface area contributed by atoms with E-state index < -0.39 is 10.0 Å². The SMILES string of the molecule is COc1ccc2sc(N(CCCN3CCOCC3)C(=O)C3CCN(S(=O)(=O)c4cccs4)CC3)nc2c1. The maximum atomic E-state index is 13.8. The molecule has 3 aromatic rings. The highest BCUT2D eigenvalue weighted by molar-refractivity contribution is 7.91. The zero-order valence-electron chi connectivity index (χ0n) is 20.9. The predicted molar refractivity (Wildman–Crippen MR) is 146 cm³/mol. The molecule has 2 aromatic heterocycles. The molecular formula is C25H32N4O5S3. The van der Waals surface area contributed by atoms with Crippen molar-refractivity contribution >= 4 is 54.0 Å². The summed E-state index contributed by atoms with van der Waals surface area (Å²) in [5, 5.41) is 2.45. The first-order valence-electron chi connectivity index (χ1n) is 12.6. The molecular weight excluding hydrogens is 532 g/mol. The number of fused-ring (bicyclic) bond motifs is 1. The number of aromatic nitrogens is 1. The molecule has 0 bridgehead atoms. The highest BCUT2D eigenvalue weighted by Gasteiger charge is 2.35. The first-order chi connectivity index (χ1) is 18.0. The lowest BCUT2D eigenvalue weighted by molar-refractivity contribution is -0.123. The van der Waals surface area contributed by atoms with Crippen LogP contribution in [0.3, 0.4) is 0 Å². The van der Waals surface area contributed by atoms with Crippen molar-refractivity contribution in [3.63, 3.8) is 0 Å². The molecule has 0 saturated carbocycles. The zero-order valence-corrected chi connectivity index (χ0v) is 23.3. The summed E-state index contributed by atoms with van der Waals surface area (Å²) in [5.74, 6) is 0.523. The van der Waals surface area contributed by atoms with Crippen LogP contribution < -0.4 is 9.64 Å². The summed E-state index contributed by atoms with van der Waals surface area (Å²) in [6, 6.07) is 9.14. The van der Waals surface area contributed by atoms with Crippen LogP contribution in [0.5, 0.6) is 5.75 Å². The molecule has 9 nitrogen and oxygen atoms in total. The Labute approximate surface area is 225 Å². The number of morpholine rings is 1. The van der Waals surface area contributed by atoms with E-state index in [2.05, 4.69) is 4.90 Å². The summed E-state index contributed by atoms with van der Waals surface area (Å²) in [5.41, 5.74) is 0.808. The van der Waals surface area contributed by atoms with Crippen molar-refractivity contribution in [2.24, 2.45) is 5.92 Å². The fourth-order valence-electron chi connectivity index (χ4n) is 4.82. The van der Waals surface area contributed by atoms with Crippen LogP contribution in [-0.2, 0) is 19.6 Å². The van der Waals surface area contributed by atoms with Gasteiger partial charge in [-0.3, -0.25) is 14.6 Å². The summed E-state index contributed by atoms with van der Waals surface area (Å²) >= 11 is 2.73. The Morgan fingerprint density at radius 3 is 2.68 bits per heavy atom. The van der Waals surface area contributed by atoms with Gasteiger partial charge in [0, 0.05) is 51.3 Å². The monoisotopic (exact) mass is 564 g/mol. The maximum Gasteiger partial charge on any atom is 0.252 e. The van der Waals surface area contributed by atoms with Gasteiger partial charge in [0.15, 0.2) is 5.13 Å². The number of nitrogens with zero attached hydrogens (tertiary/aromatic N) is 4. The molecule has 2 saturated heterocycles. The topological polar surface area (TPSA) is 92.3 Å². The van der Waals surface area contributed by atoms with Crippen LogP contribution >= 0.6 is 22.7 Å². The van der Waals surface area contributed by atoms with E-state index in [-0.39, 0.29) is 11.8 Å². The second kappa shape index (κ2) is 11.7. The van der Waals surface area contributed by atoms with E-state index in [0.29, 0.717) is 41.8 Å². The minimum Gasteiger partial charge on any atom is -0.497 e. The number of anilines is 1. The molecule has 0 unspecified atom stereocenters. The number of thiophene rings is 1. The molecule has 0 radical (unpaired) electrons. The van der Waals surface area contributed by atoms with E-state index in [4.69, 9.17) is 14.5 Å². The van der Waals surface area contributed by atoms with Crippen LogP contribution in [0.4, 0.5) is 5.13 Å². The number of hydrogen-bond acceptors (Lipinski definition) is 9. The molecule has 0 N–H and O–H groups in total. The van der Waals surface area contributed by atoms with Gasteiger partial charge in [-0.1, -0.05) is 17.4 Å². The summed E-state index contributed by atoms with van der Waals surface area (Å²) in [6.45, 7) is 5.46. The van der Waals surface area contributed by atoms with Gasteiger partial charge in [-0.2, -0.15) is 4.31 Å². The number of ether oxygens (including phenoxy) is 2. The Balaban J connectivity index is 1.30. The smallest absolute Gasteiger partial charge is 0.252 e. The minimum absolute atomic E-state index is 0.0289. The lowest BCUT2D eigenvalue weighted by atomic mass is 9.96. The molecule has 37 heavy (non-hydrogen) atoms. The van der Waals surface area contributed by atoms with Gasteiger partial charge in [0.05, 0.1) is 30.5 Å². The second-order valence-corrected chi connectivity index (χ2v) is 13.4. The summed E-state index contributed by atoms with van der Waals surface area (Å²) < 4.78 is 39.5. The lowest BCUT2D eigenvalue weighted by Gasteiger charge is -2.33. The van der Waals surface area contributed by atoms with Crippen LogP contribution in [0.15, 0.2) is 39.9 Å². The van der Waals surface area contributed by atoms with Gasteiger partial charge in [-0.15, -0.1) is 11.3 Å². The Kier molecular flexibility index (Phi) is 8.42. The number of rotatable bonds is 9. The Hall–Kier alpha value is -2.09. The van der Waals surface area contributed by atoms with E-state index >= 15 is 0 Å². The van der Waals surface area contributed by atoms with Crippen molar-refractivity contribution < 1.29 is 22.7 Å². The number of amides is 1. The van der Waals surface area contributed by atoms with Crippen molar-refractivity contribution in [1.29, 1.82) is 0 Å². The minimum atomic E-state index is -3.50. The average molecular weight is 565 g/mol. The fraction of sp³-hybridized carbons (Fsp3) is 0.520. The number of piperidine rings is 1. The molecule has 200 valence electrons. The average Bonchev–Trinajstić information content (AvgIpc) is 3.62. The molecule has 0 atom stereocenters. The number of hydrogen-bond donors (Lipinski definition) is 0. The highest BCUT2D eigenvalue weighted by atomic mass is 32.2. The maximum absolute atomic E-state index is 13.8. The molecule has 0 spiro atoms. The van der Waals surface area contributed by atoms with E-state index in [1.807, 2.05) is 23.1 Å². The van der Waals surface area contributed by atoms with Crippen LogP contribution in [0.25, 0.3) is 10.2 Å². The molecule has 2 fully saturated rings. The van der Waals surface area contributed by atoms with Gasteiger partial charge in [0.25, 0.3) is 10.0 Å². The van der Waals surface area contributed by atoms with Crippen molar-refractivity contribution in [2.45, 2.75) is 23.5 Å². The van der Waals surface area contributed by atoms with Gasteiger partial charge < -0.3 is 9.47 Å². The van der Waals surface area contributed by atoms with E-state index in [1.54, 1.807) is 24.6 Å². The number of carbonyl (C=O) groups excluding carboxylic acids is 1. The third kappa shape index (κ3) is 5.99. The second-order valence-electron chi connectivity index (χ2n) is 9.24. The van der Waals surface area contributed by atoms with Crippen LogP contribution in [0.1, 0.15) is 19.3 Å².